The molecule has 1 radical (unpaired) electrons. The van der Waals surface area contributed by atoms with E-state index in [2.05, 4.69) is 11.9 Å². The summed E-state index contributed by atoms with van der Waals surface area (Å²) in [6.45, 7) is 3.59. The van der Waals surface area contributed by atoms with Gasteiger partial charge in [0.2, 0.25) is 0 Å². The molecule has 1 aromatic heterocycles. The summed E-state index contributed by atoms with van der Waals surface area (Å²) in [6, 6.07) is 0. The van der Waals surface area contributed by atoms with Crippen molar-refractivity contribution in [3.05, 3.63) is 33.9 Å². The van der Waals surface area contributed by atoms with E-state index in [9.17, 15) is 0 Å². The third-order valence-electron chi connectivity index (χ3n) is 1.03. The van der Waals surface area contributed by atoms with Crippen LogP contribution in [0.1, 0.15) is 5.56 Å². The molecule has 1 heterocycles. The minimum atomic E-state index is 0.232. The molecule has 0 spiro atoms. The lowest BCUT2D eigenvalue weighted by atomic mass is 10.3. The van der Waals surface area contributed by atoms with Crippen LogP contribution in [0, 0.1) is 6.92 Å². The summed E-state index contributed by atoms with van der Waals surface area (Å²) in [5, 5.41) is 0.972. The quantitative estimate of drug-likeness (QED) is 0.579. The third kappa shape index (κ3) is 1.36. The lowest BCUT2D eigenvalue weighted by Crippen LogP contribution is -1.82. The Morgan fingerprint density at radius 2 is 1.90 bits per heavy atom. The van der Waals surface area contributed by atoms with E-state index in [1.165, 1.54) is 6.20 Å². The van der Waals surface area contributed by atoms with Gasteiger partial charge in [0.25, 0.3) is 0 Å². The molecule has 0 atom stereocenters. The predicted octanol–water partition coefficient (Wildman–Crippen LogP) is 3.22. The maximum absolute atomic E-state index is 5.64. The molecule has 1 nitrogen and oxygen atoms in total. The van der Waals surface area contributed by atoms with Crippen LogP contribution in [0.3, 0.4) is 0 Å². The van der Waals surface area contributed by atoms with Crippen LogP contribution < -0.4 is 0 Å². The molecular weight excluding hydrogens is 192 g/mol. The predicted molar refractivity (Wildman–Crippen MR) is 43.7 cm³/mol. The number of halogens is 3. The van der Waals surface area contributed by atoms with Crippen molar-refractivity contribution in [1.29, 1.82) is 0 Å². The average Bonchev–Trinajstić information content (AvgIpc) is 1.93. The van der Waals surface area contributed by atoms with Crippen molar-refractivity contribution in [3.8, 4) is 0 Å². The van der Waals surface area contributed by atoms with Crippen molar-refractivity contribution in [2.75, 3.05) is 0 Å². The van der Waals surface area contributed by atoms with E-state index < -0.39 is 0 Å². The summed E-state index contributed by atoms with van der Waals surface area (Å²) in [5.41, 5.74) is 0.517. The van der Waals surface area contributed by atoms with Gasteiger partial charge in [-0.2, -0.15) is 0 Å². The largest absolute Gasteiger partial charge is 0.241 e. The summed E-state index contributed by atoms with van der Waals surface area (Å²) in [6.07, 6.45) is 1.41. The summed E-state index contributed by atoms with van der Waals surface area (Å²) < 4.78 is 0. The highest BCUT2D eigenvalue weighted by molar-refractivity contribution is 6.43. The van der Waals surface area contributed by atoms with Crippen LogP contribution in [0.25, 0.3) is 0 Å². The van der Waals surface area contributed by atoms with Gasteiger partial charge in [-0.15, -0.1) is 0 Å². The lowest BCUT2D eigenvalue weighted by Gasteiger charge is -1.99. The second-order valence-electron chi connectivity index (χ2n) is 1.69. The van der Waals surface area contributed by atoms with Crippen molar-refractivity contribution in [2.24, 2.45) is 0 Å². The number of nitrogens with zero attached hydrogens (tertiary/aromatic N) is 1. The highest BCUT2D eigenvalue weighted by atomic mass is 35.5. The van der Waals surface area contributed by atoms with E-state index in [0.29, 0.717) is 15.6 Å². The van der Waals surface area contributed by atoms with E-state index in [1.807, 2.05) is 0 Å². The van der Waals surface area contributed by atoms with Gasteiger partial charge in [0.05, 0.1) is 10.0 Å². The minimum absolute atomic E-state index is 0.232. The van der Waals surface area contributed by atoms with Crippen LogP contribution in [-0.4, -0.2) is 4.98 Å². The molecule has 53 valence electrons. The lowest BCUT2D eigenvalue weighted by molar-refractivity contribution is 1.31. The van der Waals surface area contributed by atoms with Crippen molar-refractivity contribution in [1.82, 2.24) is 4.98 Å². The Kier molecular flexibility index (Phi) is 2.40. The van der Waals surface area contributed by atoms with Crippen LogP contribution in [0.5, 0.6) is 0 Å². The third-order valence-corrected chi connectivity index (χ3v) is 2.14. The molecule has 1 aromatic rings. The summed E-state index contributed by atoms with van der Waals surface area (Å²) in [4.78, 5) is 3.70. The van der Waals surface area contributed by atoms with E-state index >= 15 is 0 Å². The minimum Gasteiger partial charge on any atom is -0.241 e. The molecule has 0 aliphatic rings. The molecule has 0 unspecified atom stereocenters. The van der Waals surface area contributed by atoms with E-state index in [0.717, 1.165) is 0 Å². The molecule has 0 aliphatic carbocycles. The monoisotopic (exact) mass is 194 g/mol. The first-order valence-corrected chi connectivity index (χ1v) is 3.57. The van der Waals surface area contributed by atoms with Crippen molar-refractivity contribution >= 4 is 34.8 Å². The molecule has 0 saturated carbocycles. The molecule has 10 heavy (non-hydrogen) atoms. The zero-order chi connectivity index (χ0) is 7.72. The number of aromatic nitrogens is 1. The standard InChI is InChI=1S/C6H3Cl3N/c1-3-4(7)2-10-6(9)5(3)8/h2H,1H2. The molecule has 0 amide bonds. The van der Waals surface area contributed by atoms with E-state index in [1.54, 1.807) is 0 Å². The highest BCUT2D eigenvalue weighted by Gasteiger charge is 2.04. The van der Waals surface area contributed by atoms with Gasteiger partial charge in [-0.05, 0) is 12.5 Å². The maximum atomic E-state index is 5.64. The molecule has 0 N–H and O–H groups in total. The zero-order valence-electron chi connectivity index (χ0n) is 4.87. The first-order chi connectivity index (χ1) is 4.63. The van der Waals surface area contributed by atoms with Crippen LogP contribution in [0.4, 0.5) is 0 Å². The molecule has 4 heteroatoms. The number of hydrogen-bond acceptors (Lipinski definition) is 1. The highest BCUT2D eigenvalue weighted by Crippen LogP contribution is 2.27. The van der Waals surface area contributed by atoms with E-state index in [4.69, 9.17) is 34.8 Å². The first kappa shape index (κ1) is 8.12. The molecule has 0 aromatic carbocycles. The Morgan fingerprint density at radius 1 is 1.30 bits per heavy atom. The van der Waals surface area contributed by atoms with Crippen molar-refractivity contribution < 1.29 is 0 Å². The molecule has 1 rings (SSSR count). The van der Waals surface area contributed by atoms with Gasteiger partial charge in [-0.25, -0.2) is 4.98 Å². The van der Waals surface area contributed by atoms with Crippen LogP contribution in [0.2, 0.25) is 15.2 Å². The van der Waals surface area contributed by atoms with Gasteiger partial charge in [-0.1, -0.05) is 34.8 Å². The van der Waals surface area contributed by atoms with Gasteiger partial charge in [0, 0.05) is 6.20 Å². The second kappa shape index (κ2) is 2.95. The normalized spacial score (nSPS) is 10.0. The fraction of sp³-hybridized carbons (Fsp3) is 0. The average molecular weight is 195 g/mol. The Labute approximate surface area is 73.9 Å². The van der Waals surface area contributed by atoms with Gasteiger partial charge < -0.3 is 0 Å². The van der Waals surface area contributed by atoms with Gasteiger partial charge in [-0.3, -0.25) is 0 Å². The summed E-state index contributed by atoms with van der Waals surface area (Å²) in [5.74, 6) is 0. The van der Waals surface area contributed by atoms with Crippen LogP contribution >= 0.6 is 34.8 Å². The van der Waals surface area contributed by atoms with Crippen LogP contribution in [0.15, 0.2) is 6.20 Å². The zero-order valence-corrected chi connectivity index (χ0v) is 7.13. The summed E-state index contributed by atoms with van der Waals surface area (Å²) in [7, 11) is 0. The Balaban J connectivity index is 3.34. The van der Waals surface area contributed by atoms with Crippen molar-refractivity contribution in [3.63, 3.8) is 0 Å². The fourth-order valence-electron chi connectivity index (χ4n) is 0.477. The van der Waals surface area contributed by atoms with E-state index in [-0.39, 0.29) is 5.15 Å². The van der Waals surface area contributed by atoms with Gasteiger partial charge in [0.1, 0.15) is 5.15 Å². The summed E-state index contributed by atoms with van der Waals surface area (Å²) >= 11 is 16.8. The SMILES string of the molecule is [CH2]c1c(Cl)cnc(Cl)c1Cl. The maximum Gasteiger partial charge on any atom is 0.147 e. The number of pyridine rings is 1. The molecule has 0 bridgehead atoms. The first-order valence-electron chi connectivity index (χ1n) is 2.44. The Hall–Kier alpha value is 0.0200. The van der Waals surface area contributed by atoms with Crippen molar-refractivity contribution in [2.45, 2.75) is 0 Å². The number of rotatable bonds is 0. The van der Waals surface area contributed by atoms with Gasteiger partial charge in [0.15, 0.2) is 0 Å². The van der Waals surface area contributed by atoms with Crippen LogP contribution in [-0.2, 0) is 0 Å². The van der Waals surface area contributed by atoms with Gasteiger partial charge >= 0.3 is 0 Å². The Bertz CT molecular complexity index is 232. The second-order valence-corrected chi connectivity index (χ2v) is 2.83. The molecule has 0 saturated heterocycles. The fourth-order valence-corrected chi connectivity index (χ4v) is 0.982. The topological polar surface area (TPSA) is 12.9 Å². The molecule has 0 aliphatic heterocycles. The number of hydrogen-bond donors (Lipinski definition) is 0. The molecular formula is C6H3Cl3N. The smallest absolute Gasteiger partial charge is 0.147 e. The molecule has 0 fully saturated rings. The Morgan fingerprint density at radius 3 is 2.40 bits per heavy atom.